The number of aromatic hydroxyl groups is 1. The van der Waals surface area contributed by atoms with Gasteiger partial charge >= 0.3 is 17.8 Å². The van der Waals surface area contributed by atoms with E-state index in [0.717, 1.165) is 77.7 Å². The molecule has 0 bridgehead atoms. The summed E-state index contributed by atoms with van der Waals surface area (Å²) in [6.45, 7) is 15.3. The van der Waals surface area contributed by atoms with Crippen molar-refractivity contribution in [3.8, 4) is 34.5 Å². The molecule has 0 spiro atoms. The van der Waals surface area contributed by atoms with Crippen LogP contribution in [0.4, 0.5) is 43.9 Å². The van der Waals surface area contributed by atoms with Crippen molar-refractivity contribution in [1.29, 1.82) is 0 Å². The normalized spacial score (nSPS) is 14.1. The summed E-state index contributed by atoms with van der Waals surface area (Å²) in [5.41, 5.74) is 6.05. The van der Waals surface area contributed by atoms with Gasteiger partial charge in [0.05, 0.1) is 22.4 Å². The van der Waals surface area contributed by atoms with Gasteiger partial charge < -0.3 is 38.1 Å². The van der Waals surface area contributed by atoms with Gasteiger partial charge in [-0.25, -0.2) is 17.2 Å². The first-order valence-electron chi connectivity index (χ1n) is 44.2. The number of hydrogen-bond acceptors (Lipinski definition) is 12. The molecular weight excluding hydrogens is 1750 g/mol. The first kappa shape index (κ1) is 106. The number of alkyl halides is 6. The number of rotatable bonds is 35. The Balaban J connectivity index is 0.000000200. The highest BCUT2D eigenvalue weighted by Crippen LogP contribution is 2.47. The summed E-state index contributed by atoms with van der Waals surface area (Å²) in [6.07, 6.45) is 13.2. The lowest BCUT2D eigenvalue weighted by atomic mass is 9.84. The zero-order valence-corrected chi connectivity index (χ0v) is 78.2. The quantitative estimate of drug-likeness (QED) is 0.00761. The lowest BCUT2D eigenvalue weighted by molar-refractivity contribution is -0.320. The van der Waals surface area contributed by atoms with E-state index in [4.69, 9.17) is 24.1 Å². The predicted molar refractivity (Wildman–Crippen MR) is 501 cm³/mol. The van der Waals surface area contributed by atoms with E-state index in [1.165, 1.54) is 124 Å². The Morgan fingerprint density at radius 1 is 0.450 bits per heavy atom. The Labute approximate surface area is 771 Å². The second kappa shape index (κ2) is 52.6. The molecule has 12 nitrogen and oxygen atoms in total. The van der Waals surface area contributed by atoms with E-state index < -0.39 is 75.7 Å². The van der Waals surface area contributed by atoms with Gasteiger partial charge in [0.15, 0.2) is 69.7 Å². The number of carbonyl (C=O) groups excluding carboxylic acids is 2. The lowest BCUT2D eigenvalue weighted by Gasteiger charge is -2.32. The molecule has 25 heteroatoms. The SMILES string of the molecule is CCC(C)c1ccc(O)cc1.CCC(C)c1ccc(OC(C)OCCOc2ccc(C3CCCCC3)cc2)cc1.CCC(C)c1ccc(OCC(F)(F)C(F)(F)C(F)(F)COc2c(F)c(F)c(C)c(F)c2F)cc1.CCC(C)c1cccc(OCC(=O)c2ccc(S(=O)(=O)[O-])cc2)c1.O=C(C[S+]1CCCC1)c1ccccc1.c1ccc([S+](c2ccccc2)c2ccccc2)cc1. The molecule has 1 heterocycles. The first-order valence-corrected chi connectivity index (χ1v) is 48.6. The molecule has 1 saturated heterocycles. The maximum absolute atomic E-state index is 14.0. The molecule has 5 unspecified atom stereocenters. The Hall–Kier alpha value is -10.6. The van der Waals surface area contributed by atoms with Crippen molar-refractivity contribution < 1.29 is 100.0 Å². The Morgan fingerprint density at radius 2 is 0.870 bits per heavy atom. The molecule has 11 aromatic rings. The van der Waals surface area contributed by atoms with Gasteiger partial charge in [-0.3, -0.25) is 9.59 Å². The summed E-state index contributed by atoms with van der Waals surface area (Å²) < 4.78 is 202. The second-order valence-electron chi connectivity index (χ2n) is 32.2. The molecule has 13 rings (SSSR count). The average molecular weight is 1870 g/mol. The van der Waals surface area contributed by atoms with Gasteiger partial charge in [-0.2, -0.15) is 35.1 Å². The van der Waals surface area contributed by atoms with Crippen molar-refractivity contribution in [3.05, 3.63) is 335 Å². The molecule has 702 valence electrons. The fraction of sp³-hybridized carbons (Fsp3) is 0.358. The van der Waals surface area contributed by atoms with Crippen LogP contribution < -0.4 is 23.7 Å². The van der Waals surface area contributed by atoms with Crippen LogP contribution in [0.2, 0.25) is 0 Å². The van der Waals surface area contributed by atoms with Gasteiger partial charge in [0, 0.05) is 16.7 Å². The highest BCUT2D eigenvalue weighted by molar-refractivity contribution is 7.97. The molecule has 0 aromatic heterocycles. The van der Waals surface area contributed by atoms with Crippen LogP contribution in [0.3, 0.4) is 0 Å². The van der Waals surface area contributed by atoms with Crippen LogP contribution in [-0.2, 0) is 36.6 Å². The molecule has 2 fully saturated rings. The summed E-state index contributed by atoms with van der Waals surface area (Å²) in [4.78, 5) is 27.6. The Bertz CT molecular complexity index is 5210. The van der Waals surface area contributed by atoms with E-state index >= 15 is 0 Å². The number of carbonyl (C=O) groups is 2. The number of benzene rings is 11. The zero-order valence-electron chi connectivity index (χ0n) is 75.7. The maximum Gasteiger partial charge on any atom is 0.378 e. The fourth-order valence-electron chi connectivity index (χ4n) is 13.8. The maximum atomic E-state index is 14.0. The molecule has 11 aromatic carbocycles. The highest BCUT2D eigenvalue weighted by Gasteiger charge is 2.72. The summed E-state index contributed by atoms with van der Waals surface area (Å²) in [5, 5.41) is 9.01. The van der Waals surface area contributed by atoms with Crippen LogP contribution in [0.5, 0.6) is 34.5 Å². The third kappa shape index (κ3) is 32.7. The van der Waals surface area contributed by atoms with E-state index in [1.54, 1.807) is 18.2 Å². The molecule has 1 aliphatic heterocycles. The molecule has 1 aliphatic carbocycles. The summed E-state index contributed by atoms with van der Waals surface area (Å²) in [5.74, 6) is -19.8. The van der Waals surface area contributed by atoms with Crippen LogP contribution in [-0.4, -0.2) is 104 Å². The van der Waals surface area contributed by atoms with Crippen molar-refractivity contribution in [2.24, 2.45) is 0 Å². The van der Waals surface area contributed by atoms with Crippen LogP contribution >= 0.6 is 0 Å². The highest BCUT2D eigenvalue weighted by atomic mass is 32.2. The molecule has 131 heavy (non-hydrogen) atoms. The van der Waals surface area contributed by atoms with E-state index in [-0.39, 0.29) is 46.1 Å². The molecule has 0 amide bonds. The number of phenolic OH excluding ortho intramolecular Hbond substituents is 1. The van der Waals surface area contributed by atoms with Crippen molar-refractivity contribution in [2.75, 3.05) is 50.3 Å². The minimum atomic E-state index is -6.13. The minimum Gasteiger partial charge on any atom is -0.744 e. The number of hydrogen-bond donors (Lipinski definition) is 1. The molecule has 1 N–H and O–H groups in total. The molecule has 0 radical (unpaired) electrons. The van der Waals surface area contributed by atoms with Crippen molar-refractivity contribution >= 4 is 43.5 Å². The smallest absolute Gasteiger partial charge is 0.378 e. The largest absolute Gasteiger partial charge is 0.744 e. The number of halogens is 10. The van der Waals surface area contributed by atoms with Crippen molar-refractivity contribution in [1.82, 2.24) is 0 Å². The molecule has 2 aliphatic rings. The zero-order chi connectivity index (χ0) is 95.3. The molecule has 5 atom stereocenters. The van der Waals surface area contributed by atoms with Crippen LogP contribution in [0.15, 0.2) is 287 Å². The van der Waals surface area contributed by atoms with E-state index in [2.05, 4.69) is 178 Å². The predicted octanol–water partition coefficient (Wildman–Crippen LogP) is 27.8. The number of ether oxygens (including phenoxy) is 6. The molecular formula is C106H119F10O12S3+. The van der Waals surface area contributed by atoms with Gasteiger partial charge in [0.1, 0.15) is 57.0 Å². The van der Waals surface area contributed by atoms with E-state index in [1.807, 2.05) is 93.6 Å². The molecule has 1 saturated carbocycles. The number of Topliss-reactive ketones (excluding diaryl/α,β-unsaturated/α-hetero) is 2. The van der Waals surface area contributed by atoms with Crippen LogP contribution in [0, 0.1) is 30.2 Å². The standard InChI is InChI=1S/C26H36O3.C22H20F10O2.C18H20O5S.C18H15S.C12H15OS.C10H14O/c1-4-20(2)22-10-16-26(17-11-22)29-21(3)27-18-19-28-25-14-12-24(13-15-25)23-8-6-5-7-9-23;1-4-11(2)13-5-7-14(8-6-13)33-9-20(27,28)22(31,32)21(29,30)10-34-19-17(25)15(23)12(3)16(24)18(19)26;1-3-13(2)15-5-4-6-16(11-15)23-12-18(19)14-7-9-17(10-8-14)24(20,21)22;1-4-10-16(11-5-1)19(17-12-6-2-7-13-17)18-14-8-3-9-15-18;13-12(10-14-8-4-5-9-14)11-6-2-1-3-7-11;1-3-8(2)9-4-6-10(11)7-5-9/h10-17,20-21,23H,4-9,18-19H2,1-3H3;5-8,11H,4,9-10H2,1-3H3;4-11,13H,3,12H2,1-2H3,(H,20,21,22);1-15H;1-3,6-7H,4-5,8-10H2;4-8,11H,3H2,1-2H3/q;;;2*+1;/p-1. The van der Waals surface area contributed by atoms with E-state index in [0.29, 0.717) is 71.6 Å². The second-order valence-corrected chi connectivity index (χ2v) is 38.0. The van der Waals surface area contributed by atoms with Gasteiger partial charge in [0.2, 0.25) is 17.4 Å². The van der Waals surface area contributed by atoms with Gasteiger partial charge in [-0.05, 0) is 243 Å². The Kier molecular flexibility index (Phi) is 42.5. The lowest BCUT2D eigenvalue weighted by Crippen LogP contribution is -2.58. The van der Waals surface area contributed by atoms with Crippen LogP contribution in [0.25, 0.3) is 0 Å². The number of phenols is 1. The average Bonchev–Trinajstić information content (AvgIpc) is 0.952. The van der Waals surface area contributed by atoms with E-state index in [9.17, 15) is 66.5 Å². The third-order valence-corrected chi connectivity index (χ3v) is 28.2. The third-order valence-electron chi connectivity index (χ3n) is 22.7. The first-order chi connectivity index (χ1) is 62.6. The van der Waals surface area contributed by atoms with Crippen molar-refractivity contribution in [2.45, 2.75) is 213 Å². The summed E-state index contributed by atoms with van der Waals surface area (Å²) >= 11 is 0. The van der Waals surface area contributed by atoms with Crippen molar-refractivity contribution in [3.63, 3.8) is 0 Å². The topological polar surface area (TPSA) is 167 Å². The minimum absolute atomic E-state index is 0.0146. The van der Waals surface area contributed by atoms with Gasteiger partial charge in [0.25, 0.3) is 0 Å². The van der Waals surface area contributed by atoms with Gasteiger partial charge in [-0.1, -0.05) is 232 Å². The Morgan fingerprint density at radius 3 is 1.34 bits per heavy atom. The van der Waals surface area contributed by atoms with Crippen LogP contribution in [0.1, 0.15) is 217 Å². The monoisotopic (exact) mass is 1870 g/mol. The summed E-state index contributed by atoms with van der Waals surface area (Å²) in [7, 11) is -4.13. The fourth-order valence-corrected chi connectivity index (χ4v) is 18.6. The summed E-state index contributed by atoms with van der Waals surface area (Å²) in [6, 6.07) is 84.0. The van der Waals surface area contributed by atoms with Gasteiger partial charge in [-0.15, -0.1) is 0 Å². The number of ketones is 2.